The van der Waals surface area contributed by atoms with Gasteiger partial charge in [-0.3, -0.25) is 10.1 Å². The number of alkyl halides is 3. The van der Waals surface area contributed by atoms with Gasteiger partial charge >= 0.3 is 6.18 Å². The number of nitro benzene ring substituents is 1. The van der Waals surface area contributed by atoms with Gasteiger partial charge in [-0.25, -0.2) is 0 Å². The zero-order chi connectivity index (χ0) is 17.0. The van der Waals surface area contributed by atoms with Crippen molar-refractivity contribution in [1.82, 2.24) is 0 Å². The molecule has 0 spiro atoms. The second-order valence-electron chi connectivity index (χ2n) is 4.60. The van der Waals surface area contributed by atoms with Crippen LogP contribution in [0.1, 0.15) is 16.7 Å². The first-order valence-electron chi connectivity index (χ1n) is 6.35. The van der Waals surface area contributed by atoms with Crippen LogP contribution in [0.3, 0.4) is 0 Å². The van der Waals surface area contributed by atoms with E-state index in [4.69, 9.17) is 5.26 Å². The van der Waals surface area contributed by atoms with E-state index in [1.54, 1.807) is 0 Å². The molecule has 7 heteroatoms. The lowest BCUT2D eigenvalue weighted by Gasteiger charge is -2.08. The zero-order valence-electron chi connectivity index (χ0n) is 11.5. The van der Waals surface area contributed by atoms with Gasteiger partial charge in [-0.05, 0) is 41.5 Å². The minimum atomic E-state index is -4.50. The predicted octanol–water partition coefficient (Wildman–Crippen LogP) is 4.68. The van der Waals surface area contributed by atoms with Gasteiger partial charge in [-0.2, -0.15) is 18.4 Å². The molecule has 23 heavy (non-hydrogen) atoms. The van der Waals surface area contributed by atoms with Crippen molar-refractivity contribution >= 4 is 17.3 Å². The summed E-state index contributed by atoms with van der Waals surface area (Å²) < 4.78 is 38.1. The van der Waals surface area contributed by atoms with Crippen LogP contribution in [-0.4, -0.2) is 4.92 Å². The van der Waals surface area contributed by atoms with Gasteiger partial charge in [0, 0.05) is 12.1 Å². The van der Waals surface area contributed by atoms with Crippen LogP contribution in [0.2, 0.25) is 0 Å². The average molecular weight is 318 g/mol. The Balaban J connectivity index is 2.40. The van der Waals surface area contributed by atoms with Gasteiger partial charge in [0.25, 0.3) is 5.69 Å². The van der Waals surface area contributed by atoms with E-state index in [1.165, 1.54) is 42.5 Å². The number of benzene rings is 2. The summed E-state index contributed by atoms with van der Waals surface area (Å²) in [6.07, 6.45) is -3.12. The molecule has 0 radical (unpaired) electrons. The Kier molecular flexibility index (Phi) is 4.46. The van der Waals surface area contributed by atoms with Gasteiger partial charge in [0.15, 0.2) is 0 Å². The van der Waals surface area contributed by atoms with Gasteiger partial charge in [0.2, 0.25) is 0 Å². The topological polar surface area (TPSA) is 66.9 Å². The van der Waals surface area contributed by atoms with Gasteiger partial charge < -0.3 is 0 Å². The van der Waals surface area contributed by atoms with Crippen molar-refractivity contribution in [3.63, 3.8) is 0 Å². The Morgan fingerprint density at radius 2 is 1.83 bits per heavy atom. The Hall–Kier alpha value is -3.14. The lowest BCUT2D eigenvalue weighted by Crippen LogP contribution is -2.04. The van der Waals surface area contributed by atoms with E-state index in [9.17, 15) is 23.3 Å². The molecular weight excluding hydrogens is 309 g/mol. The largest absolute Gasteiger partial charge is 0.416 e. The van der Waals surface area contributed by atoms with Crippen molar-refractivity contribution in [2.75, 3.05) is 0 Å². The third-order valence-electron chi connectivity index (χ3n) is 3.04. The van der Waals surface area contributed by atoms with Crippen LogP contribution in [0.25, 0.3) is 11.6 Å². The van der Waals surface area contributed by atoms with E-state index < -0.39 is 16.7 Å². The van der Waals surface area contributed by atoms with E-state index in [1.807, 2.05) is 6.07 Å². The van der Waals surface area contributed by atoms with Crippen molar-refractivity contribution in [2.24, 2.45) is 0 Å². The molecule has 0 heterocycles. The number of nitriles is 1. The van der Waals surface area contributed by atoms with Gasteiger partial charge in [0.05, 0.1) is 22.1 Å². The highest BCUT2D eigenvalue weighted by molar-refractivity contribution is 5.89. The lowest BCUT2D eigenvalue weighted by molar-refractivity contribution is -0.384. The van der Waals surface area contributed by atoms with Gasteiger partial charge in [-0.1, -0.05) is 12.1 Å². The third kappa shape index (κ3) is 3.95. The van der Waals surface area contributed by atoms with Crippen LogP contribution in [0.15, 0.2) is 48.5 Å². The molecule has 2 aromatic rings. The molecule has 0 atom stereocenters. The fourth-order valence-electron chi connectivity index (χ4n) is 1.90. The van der Waals surface area contributed by atoms with Crippen LogP contribution >= 0.6 is 0 Å². The van der Waals surface area contributed by atoms with Gasteiger partial charge in [0.1, 0.15) is 0 Å². The molecule has 0 unspecified atom stereocenters. The van der Waals surface area contributed by atoms with Crippen LogP contribution in [0.4, 0.5) is 18.9 Å². The molecule has 2 aromatic carbocycles. The summed E-state index contributed by atoms with van der Waals surface area (Å²) in [6.45, 7) is 0. The van der Waals surface area contributed by atoms with Crippen LogP contribution < -0.4 is 0 Å². The molecule has 0 bridgehead atoms. The Morgan fingerprint density at radius 3 is 2.35 bits per heavy atom. The number of hydrogen-bond donors (Lipinski definition) is 0. The highest BCUT2D eigenvalue weighted by atomic mass is 19.4. The Morgan fingerprint density at radius 1 is 1.17 bits per heavy atom. The second kappa shape index (κ2) is 6.32. The van der Waals surface area contributed by atoms with Gasteiger partial charge in [-0.15, -0.1) is 0 Å². The maximum atomic E-state index is 12.7. The number of nitro groups is 1. The molecule has 2 rings (SSSR count). The van der Waals surface area contributed by atoms with Crippen molar-refractivity contribution in [3.8, 4) is 6.07 Å². The maximum absolute atomic E-state index is 12.7. The van der Waals surface area contributed by atoms with Crippen molar-refractivity contribution in [3.05, 3.63) is 75.3 Å². The second-order valence-corrected chi connectivity index (χ2v) is 4.60. The van der Waals surface area contributed by atoms with E-state index in [-0.39, 0.29) is 16.8 Å². The Bertz CT molecular complexity index is 803. The van der Waals surface area contributed by atoms with E-state index in [0.29, 0.717) is 5.56 Å². The molecule has 116 valence electrons. The number of allylic oxidation sites excluding steroid dienone is 1. The first-order valence-corrected chi connectivity index (χ1v) is 6.35. The molecular formula is C16H9F3N2O2. The third-order valence-corrected chi connectivity index (χ3v) is 3.04. The van der Waals surface area contributed by atoms with Crippen LogP contribution in [0, 0.1) is 21.4 Å². The molecule has 0 N–H and O–H groups in total. The first-order chi connectivity index (χ1) is 10.8. The fourth-order valence-corrected chi connectivity index (χ4v) is 1.90. The summed E-state index contributed by atoms with van der Waals surface area (Å²) >= 11 is 0. The summed E-state index contributed by atoms with van der Waals surface area (Å²) in [4.78, 5) is 10.0. The summed E-state index contributed by atoms with van der Waals surface area (Å²) in [5, 5.41) is 19.7. The highest BCUT2D eigenvalue weighted by Crippen LogP contribution is 2.31. The summed E-state index contributed by atoms with van der Waals surface area (Å²) in [7, 11) is 0. The molecule has 0 saturated heterocycles. The molecule has 0 amide bonds. The zero-order valence-corrected chi connectivity index (χ0v) is 11.5. The molecule has 0 aliphatic carbocycles. The highest BCUT2D eigenvalue weighted by Gasteiger charge is 2.30. The fraction of sp³-hybridized carbons (Fsp3) is 0.0625. The van der Waals surface area contributed by atoms with E-state index in [2.05, 4.69) is 0 Å². The first kappa shape index (κ1) is 16.2. The van der Waals surface area contributed by atoms with E-state index in [0.717, 1.165) is 12.1 Å². The Labute approximate surface area is 129 Å². The van der Waals surface area contributed by atoms with Crippen molar-refractivity contribution in [1.29, 1.82) is 5.26 Å². The molecule has 0 aromatic heterocycles. The standard InChI is InChI=1S/C16H9F3N2O2/c17-16(18,19)14-3-1-2-12(9-14)13(10-20)8-11-4-6-15(7-5-11)21(22)23/h1-9H/b13-8+. The molecule has 0 aliphatic heterocycles. The SMILES string of the molecule is N#C/C(=C\c1ccc([N+](=O)[O-])cc1)c1cccc(C(F)(F)F)c1. The molecule has 0 fully saturated rings. The summed E-state index contributed by atoms with van der Waals surface area (Å²) in [6, 6.07) is 11.6. The minimum absolute atomic E-state index is 0.0324. The smallest absolute Gasteiger partial charge is 0.258 e. The number of non-ortho nitro benzene ring substituents is 1. The number of hydrogen-bond acceptors (Lipinski definition) is 3. The van der Waals surface area contributed by atoms with Crippen molar-refractivity contribution < 1.29 is 18.1 Å². The maximum Gasteiger partial charge on any atom is 0.416 e. The minimum Gasteiger partial charge on any atom is -0.258 e. The lowest BCUT2D eigenvalue weighted by atomic mass is 10.0. The normalized spacial score (nSPS) is 11.8. The predicted molar refractivity (Wildman–Crippen MR) is 78.0 cm³/mol. The summed E-state index contributed by atoms with van der Waals surface area (Å²) in [5.41, 5.74) is -0.324. The number of rotatable bonds is 3. The van der Waals surface area contributed by atoms with E-state index >= 15 is 0 Å². The van der Waals surface area contributed by atoms with Crippen molar-refractivity contribution in [2.45, 2.75) is 6.18 Å². The molecule has 0 saturated carbocycles. The molecule has 0 aliphatic rings. The van der Waals surface area contributed by atoms with Crippen LogP contribution in [0.5, 0.6) is 0 Å². The summed E-state index contributed by atoms with van der Waals surface area (Å²) in [5.74, 6) is 0. The van der Waals surface area contributed by atoms with Crippen LogP contribution in [-0.2, 0) is 6.18 Å². The average Bonchev–Trinajstić information content (AvgIpc) is 2.52. The number of nitrogens with zero attached hydrogens (tertiary/aromatic N) is 2. The number of halogens is 3. The monoisotopic (exact) mass is 318 g/mol. The molecule has 4 nitrogen and oxygen atoms in total. The quantitative estimate of drug-likeness (QED) is 0.357.